The number of nitro groups is 1. The molecule has 2 heterocycles. The maximum Gasteiger partial charge on any atom is 0.433 e. The predicted octanol–water partition coefficient (Wildman–Crippen LogP) is 4.67. The van der Waals surface area contributed by atoms with Crippen molar-refractivity contribution >= 4 is 51.5 Å². The Balaban J connectivity index is 1.95. The molecule has 4 aromatic rings. The van der Waals surface area contributed by atoms with E-state index < -0.39 is 4.92 Å². The number of hydrogen-bond donors (Lipinski definition) is 0. The third kappa shape index (κ3) is 3.71. The first-order valence-corrected chi connectivity index (χ1v) is 9.84. The van der Waals surface area contributed by atoms with Crippen LogP contribution in [-0.4, -0.2) is 21.6 Å². The minimum Gasteiger partial charge on any atom is -0.495 e. The van der Waals surface area contributed by atoms with Crippen molar-refractivity contribution in [2.45, 2.75) is 0 Å². The lowest BCUT2D eigenvalue weighted by atomic mass is 10.2. The molecular formula is C21H14IN3O5. The number of rotatable bonds is 5. The lowest BCUT2D eigenvalue weighted by Crippen LogP contribution is -2.23. The van der Waals surface area contributed by atoms with E-state index in [1.54, 1.807) is 36.4 Å². The molecule has 0 bridgehead atoms. The summed E-state index contributed by atoms with van der Waals surface area (Å²) in [6.07, 6.45) is 3.10. The molecule has 0 spiro atoms. The average molecular weight is 515 g/mol. The van der Waals surface area contributed by atoms with Crippen molar-refractivity contribution in [1.82, 2.24) is 9.55 Å². The number of hydrogen-bond acceptors (Lipinski definition) is 6. The molecule has 2 aromatic carbocycles. The zero-order chi connectivity index (χ0) is 21.3. The van der Waals surface area contributed by atoms with Gasteiger partial charge >= 0.3 is 5.88 Å². The van der Waals surface area contributed by atoms with E-state index >= 15 is 0 Å². The summed E-state index contributed by atoms with van der Waals surface area (Å²) in [6.45, 7) is 0. The van der Waals surface area contributed by atoms with Crippen molar-refractivity contribution in [3.05, 3.63) is 90.2 Å². The van der Waals surface area contributed by atoms with Gasteiger partial charge in [0.15, 0.2) is 0 Å². The number of aromatic nitrogens is 2. The van der Waals surface area contributed by atoms with Crippen LogP contribution in [0.2, 0.25) is 0 Å². The molecule has 0 aliphatic heterocycles. The highest BCUT2D eigenvalue weighted by atomic mass is 127. The standard InChI is InChI=1S/C21H14IN3O5/c1-29-18-5-3-2-4-17(18)24-19(10-7-14-8-11-20(30-14)25(27)28)23-16-9-6-13(22)12-15(16)21(24)26/h2-12H,1H3/b10-7+. The first-order chi connectivity index (χ1) is 14.5. The predicted molar refractivity (Wildman–Crippen MR) is 121 cm³/mol. The smallest absolute Gasteiger partial charge is 0.433 e. The number of benzene rings is 2. The molecule has 30 heavy (non-hydrogen) atoms. The number of methoxy groups -OCH3 is 1. The van der Waals surface area contributed by atoms with Crippen molar-refractivity contribution in [3.63, 3.8) is 0 Å². The molecule has 0 saturated carbocycles. The normalized spacial score (nSPS) is 11.3. The molecule has 0 N–H and O–H groups in total. The number of furan rings is 1. The Morgan fingerprint density at radius 2 is 1.97 bits per heavy atom. The minimum atomic E-state index is -0.613. The molecule has 0 unspecified atom stereocenters. The summed E-state index contributed by atoms with van der Waals surface area (Å²) in [5, 5.41) is 11.3. The molecule has 0 amide bonds. The minimum absolute atomic E-state index is 0.256. The molecule has 0 saturated heterocycles. The van der Waals surface area contributed by atoms with E-state index in [1.165, 1.54) is 29.9 Å². The van der Waals surface area contributed by atoms with Crippen molar-refractivity contribution in [2.24, 2.45) is 0 Å². The Labute approximate surface area is 183 Å². The summed E-state index contributed by atoms with van der Waals surface area (Å²) >= 11 is 2.14. The average Bonchev–Trinajstić information content (AvgIpc) is 3.22. The molecule has 4 rings (SSSR count). The van der Waals surface area contributed by atoms with Crippen LogP contribution in [0.25, 0.3) is 28.7 Å². The van der Waals surface area contributed by atoms with E-state index in [4.69, 9.17) is 9.15 Å². The third-order valence-corrected chi connectivity index (χ3v) is 5.04. The van der Waals surface area contributed by atoms with Gasteiger partial charge < -0.3 is 9.15 Å². The molecular weight excluding hydrogens is 501 g/mol. The van der Waals surface area contributed by atoms with Crippen LogP contribution in [0.15, 0.2) is 63.8 Å². The summed E-state index contributed by atoms with van der Waals surface area (Å²) in [5.41, 5.74) is 0.813. The Hall–Kier alpha value is -3.47. The highest BCUT2D eigenvalue weighted by Gasteiger charge is 2.15. The van der Waals surface area contributed by atoms with Crippen molar-refractivity contribution < 1.29 is 14.1 Å². The molecule has 0 atom stereocenters. The van der Waals surface area contributed by atoms with Gasteiger partial charge in [-0.05, 0) is 71.1 Å². The highest BCUT2D eigenvalue weighted by Crippen LogP contribution is 2.25. The number of fused-ring (bicyclic) bond motifs is 1. The van der Waals surface area contributed by atoms with E-state index in [9.17, 15) is 14.9 Å². The van der Waals surface area contributed by atoms with E-state index in [2.05, 4.69) is 27.6 Å². The maximum atomic E-state index is 13.4. The van der Waals surface area contributed by atoms with Gasteiger partial charge in [0.25, 0.3) is 5.56 Å². The second-order valence-electron chi connectivity index (χ2n) is 6.21. The first kappa shape index (κ1) is 19.8. The molecule has 0 aliphatic rings. The quantitative estimate of drug-likeness (QED) is 0.218. The third-order valence-electron chi connectivity index (χ3n) is 4.37. The summed E-state index contributed by atoms with van der Waals surface area (Å²) in [7, 11) is 1.53. The first-order valence-electron chi connectivity index (χ1n) is 8.76. The van der Waals surface area contributed by atoms with Gasteiger partial charge in [-0.2, -0.15) is 0 Å². The van der Waals surface area contributed by atoms with Gasteiger partial charge in [0.2, 0.25) is 0 Å². The van der Waals surface area contributed by atoms with Crippen LogP contribution in [0.4, 0.5) is 5.88 Å². The van der Waals surface area contributed by atoms with Crippen LogP contribution in [0.1, 0.15) is 11.6 Å². The van der Waals surface area contributed by atoms with Crippen molar-refractivity contribution in [3.8, 4) is 11.4 Å². The number of nitrogens with zero attached hydrogens (tertiary/aromatic N) is 3. The molecule has 0 radical (unpaired) electrons. The van der Waals surface area contributed by atoms with E-state index in [1.807, 2.05) is 12.1 Å². The Morgan fingerprint density at radius 3 is 2.70 bits per heavy atom. The fourth-order valence-corrected chi connectivity index (χ4v) is 3.51. The van der Waals surface area contributed by atoms with Crippen LogP contribution in [-0.2, 0) is 0 Å². The maximum absolute atomic E-state index is 13.4. The Bertz CT molecular complexity index is 1360. The Morgan fingerprint density at radius 1 is 1.17 bits per heavy atom. The van der Waals surface area contributed by atoms with Gasteiger partial charge in [0.05, 0.1) is 29.8 Å². The molecule has 0 aliphatic carbocycles. The topological polar surface area (TPSA) is 100 Å². The number of halogens is 1. The van der Waals surface area contributed by atoms with Crippen LogP contribution in [0.5, 0.6) is 5.75 Å². The summed E-state index contributed by atoms with van der Waals surface area (Å²) in [6, 6.07) is 15.3. The Kier molecular flexibility index (Phi) is 5.36. The molecule has 2 aromatic heterocycles. The fraction of sp³-hybridized carbons (Fsp3) is 0.0476. The zero-order valence-electron chi connectivity index (χ0n) is 15.6. The van der Waals surface area contributed by atoms with E-state index in [0.717, 1.165) is 3.57 Å². The largest absolute Gasteiger partial charge is 0.495 e. The molecule has 150 valence electrons. The second kappa shape index (κ2) is 8.11. The fourth-order valence-electron chi connectivity index (χ4n) is 3.02. The van der Waals surface area contributed by atoms with E-state index in [-0.39, 0.29) is 17.2 Å². The van der Waals surface area contributed by atoms with Crippen LogP contribution in [0.3, 0.4) is 0 Å². The van der Waals surface area contributed by atoms with Crippen molar-refractivity contribution in [1.29, 1.82) is 0 Å². The zero-order valence-corrected chi connectivity index (χ0v) is 17.8. The van der Waals surface area contributed by atoms with Crippen LogP contribution < -0.4 is 10.3 Å². The lowest BCUT2D eigenvalue weighted by Gasteiger charge is -2.14. The summed E-state index contributed by atoms with van der Waals surface area (Å²) < 4.78 is 13.0. The van der Waals surface area contributed by atoms with Gasteiger partial charge in [0.1, 0.15) is 22.3 Å². The molecule has 0 fully saturated rings. The summed E-state index contributed by atoms with van der Waals surface area (Å²) in [5.74, 6) is 0.745. The monoisotopic (exact) mass is 515 g/mol. The van der Waals surface area contributed by atoms with Gasteiger partial charge in [-0.15, -0.1) is 0 Å². The number of ether oxygens (including phenoxy) is 1. The molecule has 8 nitrogen and oxygen atoms in total. The summed E-state index contributed by atoms with van der Waals surface area (Å²) in [4.78, 5) is 28.2. The lowest BCUT2D eigenvalue weighted by molar-refractivity contribution is -0.402. The van der Waals surface area contributed by atoms with E-state index in [0.29, 0.717) is 28.2 Å². The van der Waals surface area contributed by atoms with Crippen LogP contribution >= 0.6 is 22.6 Å². The van der Waals surface area contributed by atoms with Gasteiger partial charge in [0, 0.05) is 3.57 Å². The number of para-hydroxylation sites is 2. The van der Waals surface area contributed by atoms with Crippen LogP contribution in [0, 0.1) is 13.7 Å². The van der Waals surface area contributed by atoms with Gasteiger partial charge in [-0.3, -0.25) is 19.5 Å². The van der Waals surface area contributed by atoms with Crippen molar-refractivity contribution in [2.75, 3.05) is 7.11 Å². The second-order valence-corrected chi connectivity index (χ2v) is 7.46. The van der Waals surface area contributed by atoms with Gasteiger partial charge in [-0.25, -0.2) is 4.98 Å². The molecule has 9 heteroatoms. The highest BCUT2D eigenvalue weighted by molar-refractivity contribution is 14.1. The van der Waals surface area contributed by atoms with Gasteiger partial charge in [-0.1, -0.05) is 12.1 Å². The SMILES string of the molecule is COc1ccccc1-n1c(/C=C/c2ccc([N+](=O)[O-])o2)nc2ccc(I)cc2c1=O.